The van der Waals surface area contributed by atoms with Gasteiger partial charge in [-0.05, 0) is 76.8 Å². The Morgan fingerprint density at radius 2 is 1.88 bits per heavy atom. The summed E-state index contributed by atoms with van der Waals surface area (Å²) in [5.41, 5.74) is 4.78. The van der Waals surface area contributed by atoms with Crippen LogP contribution in [0.5, 0.6) is 0 Å². The monoisotopic (exact) mass is 397 g/mol. The molecule has 0 saturated carbocycles. The zero-order chi connectivity index (χ0) is 18.6. The maximum Gasteiger partial charge on any atom is 0.266 e. The number of anilines is 2. The molecular weight excluding hydrogens is 378 g/mol. The van der Waals surface area contributed by atoms with E-state index in [1.807, 2.05) is 75.3 Å². The summed E-state index contributed by atoms with van der Waals surface area (Å²) in [5, 5.41) is 12.1. The molecule has 0 fully saturated rings. The van der Waals surface area contributed by atoms with Crippen molar-refractivity contribution in [1.29, 1.82) is 5.26 Å². The molecule has 4 nitrogen and oxygen atoms in total. The summed E-state index contributed by atoms with van der Waals surface area (Å²) in [4.78, 5) is 14.4. The molecule has 0 spiro atoms. The summed E-state index contributed by atoms with van der Waals surface area (Å²) >= 11 is 3.51. The molecule has 0 aromatic heterocycles. The lowest BCUT2D eigenvalue weighted by atomic mass is 10.1. The number of nitriles is 1. The summed E-state index contributed by atoms with van der Waals surface area (Å²) in [5.74, 6) is -0.418. The molecule has 2 rings (SSSR count). The van der Waals surface area contributed by atoms with E-state index in [9.17, 15) is 10.1 Å². The molecule has 0 aliphatic heterocycles. The number of hydrogen-bond donors (Lipinski definition) is 1. The van der Waals surface area contributed by atoms with Crippen molar-refractivity contribution in [2.24, 2.45) is 0 Å². The Morgan fingerprint density at radius 3 is 2.44 bits per heavy atom. The van der Waals surface area contributed by atoms with Crippen LogP contribution in [-0.4, -0.2) is 20.0 Å². The van der Waals surface area contributed by atoms with Gasteiger partial charge >= 0.3 is 0 Å². The van der Waals surface area contributed by atoms with Gasteiger partial charge in [0.05, 0.1) is 5.69 Å². The lowest BCUT2D eigenvalue weighted by Crippen LogP contribution is -2.13. The van der Waals surface area contributed by atoms with E-state index in [-0.39, 0.29) is 5.57 Å². The quantitative estimate of drug-likeness (QED) is 0.601. The third-order valence-electron chi connectivity index (χ3n) is 3.89. The van der Waals surface area contributed by atoms with E-state index in [2.05, 4.69) is 21.2 Å². The average molecular weight is 398 g/mol. The molecule has 2 aromatic carbocycles. The molecule has 0 atom stereocenters. The first kappa shape index (κ1) is 18.8. The first-order valence-corrected chi connectivity index (χ1v) is 8.58. The fraction of sp³-hybridized carbons (Fsp3) is 0.200. The van der Waals surface area contributed by atoms with Gasteiger partial charge in [0, 0.05) is 24.3 Å². The van der Waals surface area contributed by atoms with Crippen molar-refractivity contribution >= 4 is 39.3 Å². The van der Waals surface area contributed by atoms with Crippen molar-refractivity contribution in [2.75, 3.05) is 24.3 Å². The second kappa shape index (κ2) is 8.00. The van der Waals surface area contributed by atoms with Crippen LogP contribution in [0, 0.1) is 25.2 Å². The van der Waals surface area contributed by atoms with E-state index in [0.717, 1.165) is 26.9 Å². The van der Waals surface area contributed by atoms with Crippen LogP contribution in [-0.2, 0) is 4.79 Å². The fourth-order valence-electron chi connectivity index (χ4n) is 2.31. The summed E-state index contributed by atoms with van der Waals surface area (Å²) in [7, 11) is 3.90. The zero-order valence-electron chi connectivity index (χ0n) is 14.7. The van der Waals surface area contributed by atoms with Gasteiger partial charge in [0.15, 0.2) is 0 Å². The van der Waals surface area contributed by atoms with Crippen molar-refractivity contribution in [3.05, 3.63) is 63.1 Å². The predicted molar refractivity (Wildman–Crippen MR) is 107 cm³/mol. The van der Waals surface area contributed by atoms with Gasteiger partial charge in [0.2, 0.25) is 0 Å². The second-order valence-electron chi connectivity index (χ2n) is 6.03. The van der Waals surface area contributed by atoms with E-state index in [0.29, 0.717) is 5.69 Å². The summed E-state index contributed by atoms with van der Waals surface area (Å²) in [6, 6.07) is 13.3. The minimum atomic E-state index is -0.418. The largest absolute Gasteiger partial charge is 0.377 e. The van der Waals surface area contributed by atoms with Crippen molar-refractivity contribution in [3.63, 3.8) is 0 Å². The number of carbonyl (C=O) groups excluding carboxylic acids is 1. The van der Waals surface area contributed by atoms with E-state index in [4.69, 9.17) is 0 Å². The molecule has 2 aromatic rings. The Morgan fingerprint density at radius 1 is 1.16 bits per heavy atom. The third kappa shape index (κ3) is 4.71. The lowest BCUT2D eigenvalue weighted by molar-refractivity contribution is -0.112. The Bertz CT molecular complexity index is 879. The minimum Gasteiger partial charge on any atom is -0.377 e. The van der Waals surface area contributed by atoms with Crippen LogP contribution in [0.2, 0.25) is 0 Å². The summed E-state index contributed by atoms with van der Waals surface area (Å²) < 4.78 is 0.901. The van der Waals surface area contributed by atoms with Crippen molar-refractivity contribution in [2.45, 2.75) is 13.8 Å². The van der Waals surface area contributed by atoms with Gasteiger partial charge < -0.3 is 10.2 Å². The highest BCUT2D eigenvalue weighted by Gasteiger charge is 2.11. The minimum absolute atomic E-state index is 0.0581. The Labute approximate surface area is 156 Å². The van der Waals surface area contributed by atoms with Gasteiger partial charge in [0.25, 0.3) is 5.91 Å². The molecule has 25 heavy (non-hydrogen) atoms. The van der Waals surface area contributed by atoms with Gasteiger partial charge in [-0.15, -0.1) is 0 Å². The molecule has 1 N–H and O–H groups in total. The van der Waals surface area contributed by atoms with Crippen LogP contribution < -0.4 is 10.2 Å². The van der Waals surface area contributed by atoms with Crippen LogP contribution in [0.1, 0.15) is 16.7 Å². The van der Waals surface area contributed by atoms with Gasteiger partial charge in [-0.3, -0.25) is 4.79 Å². The number of halogens is 1. The van der Waals surface area contributed by atoms with E-state index >= 15 is 0 Å². The number of carbonyl (C=O) groups is 1. The molecule has 0 radical (unpaired) electrons. The van der Waals surface area contributed by atoms with Crippen LogP contribution in [0.4, 0.5) is 11.4 Å². The predicted octanol–water partition coefficient (Wildman–Crippen LogP) is 4.68. The Kier molecular flexibility index (Phi) is 6.00. The van der Waals surface area contributed by atoms with Crippen molar-refractivity contribution in [1.82, 2.24) is 0 Å². The maximum absolute atomic E-state index is 12.4. The van der Waals surface area contributed by atoms with Crippen LogP contribution >= 0.6 is 15.9 Å². The number of benzene rings is 2. The highest BCUT2D eigenvalue weighted by atomic mass is 79.9. The Hall–Kier alpha value is -2.58. The molecule has 0 aliphatic carbocycles. The van der Waals surface area contributed by atoms with Crippen LogP contribution in [0.15, 0.2) is 46.4 Å². The van der Waals surface area contributed by atoms with Crippen LogP contribution in [0.25, 0.3) is 6.08 Å². The topological polar surface area (TPSA) is 56.1 Å². The highest BCUT2D eigenvalue weighted by molar-refractivity contribution is 9.10. The maximum atomic E-state index is 12.4. The van der Waals surface area contributed by atoms with Crippen molar-refractivity contribution < 1.29 is 4.79 Å². The summed E-state index contributed by atoms with van der Waals surface area (Å²) in [6.45, 7) is 3.99. The SMILES string of the molecule is Cc1ccc(NC(=O)/C(C#N)=C/c2ccc(N(C)C)c(Br)c2)cc1C. The number of nitrogens with one attached hydrogen (secondary N) is 1. The lowest BCUT2D eigenvalue weighted by Gasteiger charge is -2.14. The molecule has 5 heteroatoms. The molecule has 0 bridgehead atoms. The van der Waals surface area contributed by atoms with Gasteiger partial charge in [-0.2, -0.15) is 5.26 Å². The molecule has 0 aliphatic rings. The Balaban J connectivity index is 2.24. The molecule has 0 heterocycles. The van der Waals surface area contributed by atoms with Gasteiger partial charge in [0.1, 0.15) is 11.6 Å². The number of aryl methyl sites for hydroxylation is 2. The summed E-state index contributed by atoms with van der Waals surface area (Å²) in [6.07, 6.45) is 1.58. The normalized spacial score (nSPS) is 11.0. The fourth-order valence-corrected chi connectivity index (χ4v) is 3.06. The average Bonchev–Trinajstić information content (AvgIpc) is 2.55. The van der Waals surface area contributed by atoms with Gasteiger partial charge in [-0.25, -0.2) is 0 Å². The third-order valence-corrected chi connectivity index (χ3v) is 4.53. The standard InChI is InChI=1S/C20H20BrN3O/c1-13-5-7-17(9-14(13)2)23-20(25)16(12-22)10-15-6-8-19(24(3)4)18(21)11-15/h5-11H,1-4H3,(H,23,25)/b16-10+. The first-order chi connectivity index (χ1) is 11.8. The number of amides is 1. The number of nitrogens with zero attached hydrogens (tertiary/aromatic N) is 2. The molecule has 1 amide bonds. The molecule has 128 valence electrons. The van der Waals surface area contributed by atoms with Crippen molar-refractivity contribution in [3.8, 4) is 6.07 Å². The van der Waals surface area contributed by atoms with Crippen LogP contribution in [0.3, 0.4) is 0 Å². The molecule has 0 saturated heterocycles. The van der Waals surface area contributed by atoms with E-state index < -0.39 is 5.91 Å². The zero-order valence-corrected chi connectivity index (χ0v) is 16.3. The number of hydrogen-bond acceptors (Lipinski definition) is 3. The van der Waals surface area contributed by atoms with Gasteiger partial charge in [-0.1, -0.05) is 12.1 Å². The second-order valence-corrected chi connectivity index (χ2v) is 6.88. The number of rotatable bonds is 4. The smallest absolute Gasteiger partial charge is 0.266 e. The molecule has 0 unspecified atom stereocenters. The van der Waals surface area contributed by atoms with E-state index in [1.165, 1.54) is 0 Å². The highest BCUT2D eigenvalue weighted by Crippen LogP contribution is 2.26. The molecular formula is C20H20BrN3O. The first-order valence-electron chi connectivity index (χ1n) is 7.79. The van der Waals surface area contributed by atoms with E-state index in [1.54, 1.807) is 6.08 Å².